The van der Waals surface area contributed by atoms with E-state index in [1.165, 1.54) is 4.90 Å². The van der Waals surface area contributed by atoms with E-state index < -0.39 is 0 Å². The highest BCUT2D eigenvalue weighted by Crippen LogP contribution is 2.26. The maximum absolute atomic E-state index is 12.3. The number of amides is 2. The third-order valence-electron chi connectivity index (χ3n) is 2.98. The molecule has 5 nitrogen and oxygen atoms in total. The van der Waals surface area contributed by atoms with Gasteiger partial charge in [-0.2, -0.15) is 0 Å². The van der Waals surface area contributed by atoms with Gasteiger partial charge < -0.3 is 15.8 Å². The summed E-state index contributed by atoms with van der Waals surface area (Å²) in [6.07, 6.45) is 0. The average Bonchev–Trinajstić information content (AvgIpc) is 2.49. The number of nitrogens with two attached hydrogens (primary N) is 1. The summed E-state index contributed by atoms with van der Waals surface area (Å²) in [7, 11) is 3.19. The summed E-state index contributed by atoms with van der Waals surface area (Å²) >= 11 is 5.93. The van der Waals surface area contributed by atoms with Gasteiger partial charge in [0.15, 0.2) is 0 Å². The number of nitrogen functional groups attached to an aromatic ring is 1. The first-order valence-corrected chi connectivity index (χ1v) is 6.63. The van der Waals surface area contributed by atoms with E-state index in [-0.39, 0.29) is 6.03 Å². The Morgan fingerprint density at radius 3 is 2.76 bits per heavy atom. The minimum absolute atomic E-state index is 0.322. The van der Waals surface area contributed by atoms with Crippen molar-refractivity contribution in [3.63, 3.8) is 0 Å². The van der Waals surface area contributed by atoms with E-state index in [0.717, 1.165) is 0 Å². The molecule has 2 aromatic carbocycles. The monoisotopic (exact) mass is 305 g/mol. The minimum Gasteiger partial charge on any atom is -0.497 e. The van der Waals surface area contributed by atoms with Gasteiger partial charge in [0.25, 0.3) is 0 Å². The number of halogens is 1. The molecule has 3 N–H and O–H groups in total. The van der Waals surface area contributed by atoms with Crippen LogP contribution in [0.4, 0.5) is 21.9 Å². The van der Waals surface area contributed by atoms with Gasteiger partial charge in [0.05, 0.1) is 18.5 Å². The quantitative estimate of drug-likeness (QED) is 0.851. The van der Waals surface area contributed by atoms with Gasteiger partial charge >= 0.3 is 6.03 Å². The van der Waals surface area contributed by atoms with E-state index in [4.69, 9.17) is 22.1 Å². The van der Waals surface area contributed by atoms with Gasteiger partial charge in [0.1, 0.15) is 5.75 Å². The number of carbonyl (C=O) groups excluding carboxylic acids is 1. The summed E-state index contributed by atoms with van der Waals surface area (Å²) in [4.78, 5) is 13.7. The first kappa shape index (κ1) is 15.0. The van der Waals surface area contributed by atoms with E-state index in [9.17, 15) is 4.79 Å². The molecule has 6 heteroatoms. The number of nitrogens with one attached hydrogen (secondary N) is 1. The SMILES string of the molecule is COc1cccc(NC(=O)N(C)c2cc(Cl)ccc2N)c1. The van der Waals surface area contributed by atoms with Crippen LogP contribution >= 0.6 is 11.6 Å². The molecule has 0 saturated heterocycles. The summed E-state index contributed by atoms with van der Waals surface area (Å²) in [5.41, 5.74) is 7.52. The summed E-state index contributed by atoms with van der Waals surface area (Å²) in [6, 6.07) is 11.7. The van der Waals surface area contributed by atoms with E-state index in [0.29, 0.717) is 27.8 Å². The molecular formula is C15H16ClN3O2. The number of anilines is 3. The highest BCUT2D eigenvalue weighted by atomic mass is 35.5. The molecule has 110 valence electrons. The molecule has 0 atom stereocenters. The number of nitrogens with zero attached hydrogens (tertiary/aromatic N) is 1. The summed E-state index contributed by atoms with van der Waals surface area (Å²) in [6.45, 7) is 0. The maximum Gasteiger partial charge on any atom is 0.326 e. The number of carbonyl (C=O) groups is 1. The second-order valence-corrected chi connectivity index (χ2v) is 4.86. The van der Waals surface area contributed by atoms with Crippen molar-refractivity contribution >= 4 is 34.7 Å². The van der Waals surface area contributed by atoms with Crippen molar-refractivity contribution in [2.75, 3.05) is 30.1 Å². The predicted molar refractivity (Wildman–Crippen MR) is 86.3 cm³/mol. The first-order valence-electron chi connectivity index (χ1n) is 6.25. The number of hydrogen-bond acceptors (Lipinski definition) is 3. The van der Waals surface area contributed by atoms with Crippen molar-refractivity contribution in [3.05, 3.63) is 47.5 Å². The first-order chi connectivity index (χ1) is 10.0. The lowest BCUT2D eigenvalue weighted by molar-refractivity contribution is 0.258. The van der Waals surface area contributed by atoms with Gasteiger partial charge in [-0.15, -0.1) is 0 Å². The van der Waals surface area contributed by atoms with Crippen LogP contribution in [0, 0.1) is 0 Å². The number of methoxy groups -OCH3 is 1. The van der Waals surface area contributed by atoms with Crippen LogP contribution in [-0.2, 0) is 0 Å². The number of urea groups is 1. The van der Waals surface area contributed by atoms with Crippen LogP contribution in [0.15, 0.2) is 42.5 Å². The molecule has 0 aliphatic rings. The topological polar surface area (TPSA) is 67.6 Å². The Morgan fingerprint density at radius 1 is 1.29 bits per heavy atom. The molecule has 0 heterocycles. The Hall–Kier alpha value is -2.40. The zero-order valence-corrected chi connectivity index (χ0v) is 12.5. The summed E-state index contributed by atoms with van der Waals surface area (Å²) in [5, 5.41) is 3.28. The predicted octanol–water partition coefficient (Wildman–Crippen LogP) is 3.60. The number of rotatable bonds is 3. The Kier molecular flexibility index (Phi) is 4.55. The lowest BCUT2D eigenvalue weighted by atomic mass is 10.2. The second-order valence-electron chi connectivity index (χ2n) is 4.42. The standard InChI is InChI=1S/C15H16ClN3O2/c1-19(14-8-10(16)6-7-13(14)17)15(20)18-11-4-3-5-12(9-11)21-2/h3-9H,17H2,1-2H3,(H,18,20). The summed E-state index contributed by atoms with van der Waals surface area (Å²) < 4.78 is 5.11. The van der Waals surface area contributed by atoms with E-state index in [1.807, 2.05) is 0 Å². The Morgan fingerprint density at radius 2 is 2.05 bits per heavy atom. The lowest BCUT2D eigenvalue weighted by Gasteiger charge is -2.20. The van der Waals surface area contributed by atoms with E-state index in [1.54, 1.807) is 56.6 Å². The second kappa shape index (κ2) is 6.37. The molecule has 0 fully saturated rings. The smallest absolute Gasteiger partial charge is 0.326 e. The van der Waals surface area contributed by atoms with Gasteiger partial charge in [-0.25, -0.2) is 4.79 Å². The fourth-order valence-electron chi connectivity index (χ4n) is 1.82. The molecule has 2 rings (SSSR count). The molecule has 0 unspecified atom stereocenters. The van der Waals surface area contributed by atoms with E-state index in [2.05, 4.69) is 5.32 Å². The van der Waals surface area contributed by atoms with Gasteiger partial charge in [-0.05, 0) is 30.3 Å². The maximum atomic E-state index is 12.3. The van der Waals surface area contributed by atoms with Crippen LogP contribution in [-0.4, -0.2) is 20.2 Å². The summed E-state index contributed by atoms with van der Waals surface area (Å²) in [5.74, 6) is 0.665. The molecule has 0 radical (unpaired) electrons. The van der Waals surface area contributed by atoms with Crippen LogP contribution in [0.2, 0.25) is 5.02 Å². The Labute approximate surface area is 128 Å². The molecule has 0 spiro atoms. The van der Waals surface area contributed by atoms with Crippen molar-refractivity contribution in [3.8, 4) is 5.75 Å². The lowest BCUT2D eigenvalue weighted by Crippen LogP contribution is -2.31. The molecule has 0 aliphatic carbocycles. The fraction of sp³-hybridized carbons (Fsp3) is 0.133. The van der Waals surface area contributed by atoms with Gasteiger partial charge in [0.2, 0.25) is 0 Å². The Bertz CT molecular complexity index is 661. The van der Waals surface area contributed by atoms with Crippen LogP contribution in [0.3, 0.4) is 0 Å². The van der Waals surface area contributed by atoms with Crippen LogP contribution in [0.1, 0.15) is 0 Å². The molecule has 21 heavy (non-hydrogen) atoms. The van der Waals surface area contributed by atoms with E-state index >= 15 is 0 Å². The van der Waals surface area contributed by atoms with Crippen molar-refractivity contribution in [1.29, 1.82) is 0 Å². The van der Waals surface area contributed by atoms with Crippen LogP contribution in [0.5, 0.6) is 5.75 Å². The molecule has 0 saturated carbocycles. The van der Waals surface area contributed by atoms with Crippen LogP contribution < -0.4 is 20.7 Å². The fourth-order valence-corrected chi connectivity index (χ4v) is 1.99. The third-order valence-corrected chi connectivity index (χ3v) is 3.21. The molecule has 0 aliphatic heterocycles. The van der Waals surface area contributed by atoms with Crippen molar-refractivity contribution < 1.29 is 9.53 Å². The highest BCUT2D eigenvalue weighted by Gasteiger charge is 2.14. The third kappa shape index (κ3) is 3.58. The molecule has 0 aromatic heterocycles. The highest BCUT2D eigenvalue weighted by molar-refractivity contribution is 6.31. The zero-order valence-electron chi connectivity index (χ0n) is 11.8. The van der Waals surface area contributed by atoms with Crippen molar-refractivity contribution in [2.24, 2.45) is 0 Å². The number of benzene rings is 2. The van der Waals surface area contributed by atoms with Gasteiger partial charge in [-0.3, -0.25) is 4.90 Å². The zero-order chi connectivity index (χ0) is 15.4. The normalized spacial score (nSPS) is 10.0. The molecular weight excluding hydrogens is 290 g/mol. The van der Waals surface area contributed by atoms with Crippen molar-refractivity contribution in [1.82, 2.24) is 0 Å². The molecule has 2 aromatic rings. The largest absolute Gasteiger partial charge is 0.497 e. The average molecular weight is 306 g/mol. The minimum atomic E-state index is -0.322. The number of ether oxygens (including phenoxy) is 1. The van der Waals surface area contributed by atoms with Gasteiger partial charge in [0, 0.05) is 23.8 Å². The van der Waals surface area contributed by atoms with Gasteiger partial charge in [-0.1, -0.05) is 17.7 Å². The molecule has 0 bridgehead atoms. The number of hydrogen-bond donors (Lipinski definition) is 2. The molecule has 2 amide bonds. The Balaban J connectivity index is 2.17. The van der Waals surface area contributed by atoms with Crippen molar-refractivity contribution in [2.45, 2.75) is 0 Å². The van der Waals surface area contributed by atoms with Crippen LogP contribution in [0.25, 0.3) is 0 Å².